The summed E-state index contributed by atoms with van der Waals surface area (Å²) in [5.41, 5.74) is 1.34. The summed E-state index contributed by atoms with van der Waals surface area (Å²) >= 11 is 12.4. The van der Waals surface area contributed by atoms with E-state index in [4.69, 9.17) is 23.2 Å². The molecule has 0 aliphatic carbocycles. The SMILES string of the molecule is Cc1c(Cl)cccc1S(=O)(=O)NC(CCc1ccccc1Cl)C(=O)N1CCC(C)CC1. The van der Waals surface area contributed by atoms with E-state index in [1.807, 2.05) is 18.2 Å². The second-order valence-corrected chi connectivity index (χ2v) is 10.7. The number of amides is 1. The van der Waals surface area contributed by atoms with Gasteiger partial charge in [0.2, 0.25) is 15.9 Å². The summed E-state index contributed by atoms with van der Waals surface area (Å²) in [5, 5.41) is 0.973. The fourth-order valence-corrected chi connectivity index (χ4v) is 5.76. The number of aryl methyl sites for hydroxylation is 1. The molecule has 5 nitrogen and oxygen atoms in total. The van der Waals surface area contributed by atoms with Crippen molar-refractivity contribution < 1.29 is 13.2 Å². The number of carbonyl (C=O) groups excluding carboxylic acids is 1. The van der Waals surface area contributed by atoms with Crippen LogP contribution in [0.5, 0.6) is 0 Å². The van der Waals surface area contributed by atoms with Crippen molar-refractivity contribution in [1.82, 2.24) is 9.62 Å². The summed E-state index contributed by atoms with van der Waals surface area (Å²) in [5.74, 6) is 0.374. The highest BCUT2D eigenvalue weighted by molar-refractivity contribution is 7.89. The third kappa shape index (κ3) is 6.01. The average Bonchev–Trinajstić information content (AvgIpc) is 2.74. The highest BCUT2D eigenvalue weighted by Gasteiger charge is 2.31. The number of piperidine rings is 1. The van der Waals surface area contributed by atoms with Crippen LogP contribution in [0.4, 0.5) is 0 Å². The second-order valence-electron chi connectivity index (χ2n) is 8.17. The molecule has 0 bridgehead atoms. The van der Waals surface area contributed by atoms with Crippen LogP contribution >= 0.6 is 23.2 Å². The third-order valence-corrected chi connectivity index (χ3v) is 8.25. The largest absolute Gasteiger partial charge is 0.341 e. The van der Waals surface area contributed by atoms with E-state index in [1.165, 1.54) is 6.07 Å². The van der Waals surface area contributed by atoms with E-state index >= 15 is 0 Å². The molecular formula is C23H28Cl2N2O3S. The number of likely N-dealkylation sites (tertiary alicyclic amines) is 1. The van der Waals surface area contributed by atoms with E-state index < -0.39 is 16.1 Å². The molecule has 0 spiro atoms. The van der Waals surface area contributed by atoms with Gasteiger partial charge in [0.1, 0.15) is 6.04 Å². The van der Waals surface area contributed by atoms with E-state index in [0.29, 0.717) is 47.5 Å². The Balaban J connectivity index is 1.84. The fourth-order valence-electron chi connectivity index (χ4n) is 3.81. The maximum atomic E-state index is 13.3. The van der Waals surface area contributed by atoms with Crippen LogP contribution in [0.2, 0.25) is 10.0 Å². The van der Waals surface area contributed by atoms with Gasteiger partial charge in [-0.1, -0.05) is 54.4 Å². The first kappa shape index (κ1) is 24.1. The molecule has 1 atom stereocenters. The number of carbonyl (C=O) groups is 1. The lowest BCUT2D eigenvalue weighted by Gasteiger charge is -2.33. The predicted molar refractivity (Wildman–Crippen MR) is 125 cm³/mol. The van der Waals surface area contributed by atoms with Crippen molar-refractivity contribution in [3.63, 3.8) is 0 Å². The lowest BCUT2D eigenvalue weighted by Crippen LogP contribution is -2.50. The van der Waals surface area contributed by atoms with Crippen molar-refractivity contribution >= 4 is 39.1 Å². The number of hydrogen-bond donors (Lipinski definition) is 1. The van der Waals surface area contributed by atoms with E-state index in [9.17, 15) is 13.2 Å². The van der Waals surface area contributed by atoms with Gasteiger partial charge < -0.3 is 4.90 Å². The summed E-state index contributed by atoms with van der Waals surface area (Å²) < 4.78 is 29.0. The summed E-state index contributed by atoms with van der Waals surface area (Å²) in [7, 11) is -3.94. The molecule has 168 valence electrons. The Morgan fingerprint density at radius 2 is 1.74 bits per heavy atom. The van der Waals surface area contributed by atoms with Gasteiger partial charge in [-0.25, -0.2) is 8.42 Å². The molecular weight excluding hydrogens is 455 g/mol. The van der Waals surface area contributed by atoms with E-state index in [0.717, 1.165) is 18.4 Å². The first-order valence-electron chi connectivity index (χ1n) is 10.5. The van der Waals surface area contributed by atoms with Crippen LogP contribution in [0.3, 0.4) is 0 Å². The summed E-state index contributed by atoms with van der Waals surface area (Å²) in [4.78, 5) is 15.2. The van der Waals surface area contributed by atoms with Crippen molar-refractivity contribution in [2.75, 3.05) is 13.1 Å². The van der Waals surface area contributed by atoms with Crippen molar-refractivity contribution in [3.8, 4) is 0 Å². The third-order valence-electron chi connectivity index (χ3n) is 5.86. The summed E-state index contributed by atoms with van der Waals surface area (Å²) in [6, 6.07) is 11.3. The first-order chi connectivity index (χ1) is 14.7. The van der Waals surface area contributed by atoms with Crippen LogP contribution < -0.4 is 4.72 Å². The van der Waals surface area contributed by atoms with Crippen molar-refractivity contribution in [3.05, 3.63) is 63.6 Å². The minimum Gasteiger partial charge on any atom is -0.341 e. The Morgan fingerprint density at radius 3 is 2.42 bits per heavy atom. The van der Waals surface area contributed by atoms with E-state index in [2.05, 4.69) is 11.6 Å². The zero-order chi connectivity index (χ0) is 22.6. The number of rotatable bonds is 7. The number of nitrogens with one attached hydrogen (secondary N) is 1. The lowest BCUT2D eigenvalue weighted by atomic mass is 9.98. The highest BCUT2D eigenvalue weighted by Crippen LogP contribution is 2.25. The molecule has 1 saturated heterocycles. The molecule has 2 aromatic carbocycles. The van der Waals surface area contributed by atoms with Gasteiger partial charge in [0.15, 0.2) is 0 Å². The molecule has 1 aliphatic rings. The number of sulfonamides is 1. The molecule has 8 heteroatoms. The van der Waals surface area contributed by atoms with Gasteiger partial charge in [-0.15, -0.1) is 0 Å². The van der Waals surface area contributed by atoms with Crippen LogP contribution in [0.15, 0.2) is 47.4 Å². The Hall–Kier alpha value is -1.60. The van der Waals surface area contributed by atoms with Crippen LogP contribution in [-0.4, -0.2) is 38.4 Å². The maximum absolute atomic E-state index is 13.3. The van der Waals surface area contributed by atoms with Crippen molar-refractivity contribution in [1.29, 1.82) is 0 Å². The van der Waals surface area contributed by atoms with Gasteiger partial charge in [0, 0.05) is 23.1 Å². The molecule has 1 aliphatic heterocycles. The van der Waals surface area contributed by atoms with Crippen LogP contribution in [0.25, 0.3) is 0 Å². The van der Waals surface area contributed by atoms with Gasteiger partial charge in [0.25, 0.3) is 0 Å². The Labute approximate surface area is 194 Å². The monoisotopic (exact) mass is 482 g/mol. The number of hydrogen-bond acceptors (Lipinski definition) is 3. The van der Waals surface area contributed by atoms with Crippen molar-refractivity contribution in [2.24, 2.45) is 5.92 Å². The second kappa shape index (κ2) is 10.3. The topological polar surface area (TPSA) is 66.5 Å². The molecule has 1 amide bonds. The molecule has 1 N–H and O–H groups in total. The van der Waals surface area contributed by atoms with Gasteiger partial charge >= 0.3 is 0 Å². The molecule has 1 fully saturated rings. The molecule has 1 heterocycles. The lowest BCUT2D eigenvalue weighted by molar-refractivity contribution is -0.134. The molecule has 0 saturated carbocycles. The van der Waals surface area contributed by atoms with Gasteiger partial charge in [0.05, 0.1) is 4.90 Å². The minimum absolute atomic E-state index is 0.0859. The predicted octanol–water partition coefficient (Wildman–Crippen LogP) is 4.84. The van der Waals surface area contributed by atoms with Gasteiger partial charge in [-0.2, -0.15) is 4.72 Å². The van der Waals surface area contributed by atoms with Crippen molar-refractivity contribution in [2.45, 2.75) is 50.5 Å². The van der Waals surface area contributed by atoms with E-state index in [1.54, 1.807) is 30.0 Å². The average molecular weight is 483 g/mol. The molecule has 0 radical (unpaired) electrons. The van der Waals surface area contributed by atoms with Gasteiger partial charge in [-0.05, 0) is 67.9 Å². The Morgan fingerprint density at radius 1 is 1.10 bits per heavy atom. The zero-order valence-electron chi connectivity index (χ0n) is 17.8. The Bertz CT molecular complexity index is 1030. The number of benzene rings is 2. The standard InChI is InChI=1S/C23H28Cl2N2O3S/c1-16-12-14-27(15-13-16)23(28)21(11-10-18-6-3-4-7-20(18)25)26-31(29,30)22-9-5-8-19(24)17(22)2/h3-9,16,21,26H,10-15H2,1-2H3. The quantitative estimate of drug-likeness (QED) is 0.613. The van der Waals surface area contributed by atoms with Gasteiger partial charge in [-0.3, -0.25) is 4.79 Å². The Kier molecular flexibility index (Phi) is 8.03. The molecule has 3 rings (SSSR count). The molecule has 1 unspecified atom stereocenters. The zero-order valence-corrected chi connectivity index (χ0v) is 20.1. The molecule has 2 aromatic rings. The van der Waals surface area contributed by atoms with Crippen LogP contribution in [0.1, 0.15) is 37.3 Å². The normalized spacial score (nSPS) is 16.3. The summed E-state index contributed by atoms with van der Waals surface area (Å²) in [6.07, 6.45) is 2.64. The summed E-state index contributed by atoms with van der Waals surface area (Å²) in [6.45, 7) is 5.10. The highest BCUT2D eigenvalue weighted by atomic mass is 35.5. The molecule has 0 aromatic heterocycles. The molecule has 31 heavy (non-hydrogen) atoms. The fraction of sp³-hybridized carbons (Fsp3) is 0.435. The smallest absolute Gasteiger partial charge is 0.241 e. The maximum Gasteiger partial charge on any atom is 0.241 e. The number of halogens is 2. The van der Waals surface area contributed by atoms with E-state index in [-0.39, 0.29) is 10.8 Å². The first-order valence-corrected chi connectivity index (χ1v) is 12.7. The van der Waals surface area contributed by atoms with Crippen LogP contribution in [0, 0.1) is 12.8 Å². The minimum atomic E-state index is -3.94. The number of nitrogens with zero attached hydrogens (tertiary/aromatic N) is 1. The van der Waals surface area contributed by atoms with Crippen LogP contribution in [-0.2, 0) is 21.2 Å².